The summed E-state index contributed by atoms with van der Waals surface area (Å²) in [6.45, 7) is 0. The molecule has 7 heavy (non-hydrogen) atoms. The van der Waals surface area contributed by atoms with E-state index in [1.807, 2.05) is 0 Å². The third-order valence-corrected chi connectivity index (χ3v) is 4.02. The summed E-state index contributed by atoms with van der Waals surface area (Å²) in [4.78, 5) is 0. The van der Waals surface area contributed by atoms with Crippen LogP contribution in [-0.4, -0.2) is 48.0 Å². The van der Waals surface area contributed by atoms with E-state index in [4.69, 9.17) is 0 Å². The SMILES string of the molecule is [SeH]CC(C[SeH])C[SeH]. The Balaban J connectivity index is 2.99. The predicted molar refractivity (Wildman–Crippen MR) is 39.4 cm³/mol. The molecule has 0 bridgehead atoms. The Morgan fingerprint density at radius 1 is 0.857 bits per heavy atom. The average molecular weight is 295 g/mol. The molecular formula is C4H10Se3. The average Bonchev–Trinajstić information content (AvgIpc) is 1.72. The molecule has 0 fully saturated rings. The van der Waals surface area contributed by atoms with Gasteiger partial charge in [0.2, 0.25) is 0 Å². The molecule has 0 N–H and O–H groups in total. The number of hydrogen-bond acceptors (Lipinski definition) is 0. The van der Waals surface area contributed by atoms with Crippen LogP contribution in [0.4, 0.5) is 0 Å². The molecule has 0 saturated heterocycles. The van der Waals surface area contributed by atoms with Crippen molar-refractivity contribution in [1.29, 1.82) is 0 Å². The van der Waals surface area contributed by atoms with Crippen molar-refractivity contribution in [3.05, 3.63) is 0 Å². The van der Waals surface area contributed by atoms with Crippen LogP contribution in [-0.2, 0) is 0 Å². The van der Waals surface area contributed by atoms with E-state index in [0.29, 0.717) is 0 Å². The number of hydrogen-bond donors (Lipinski definition) is 0. The summed E-state index contributed by atoms with van der Waals surface area (Å²) < 4.78 is 0. The van der Waals surface area contributed by atoms with Crippen molar-refractivity contribution in [2.75, 3.05) is 0 Å². The molecule has 0 spiro atoms. The molecule has 0 saturated carbocycles. The van der Waals surface area contributed by atoms with E-state index >= 15 is 0 Å². The van der Waals surface area contributed by atoms with Gasteiger partial charge in [-0.25, -0.2) is 0 Å². The second kappa shape index (κ2) is 5.69. The Morgan fingerprint density at radius 2 is 1.14 bits per heavy atom. The van der Waals surface area contributed by atoms with Gasteiger partial charge in [-0.05, 0) is 0 Å². The molecule has 0 rings (SSSR count). The fourth-order valence-corrected chi connectivity index (χ4v) is 4.68. The van der Waals surface area contributed by atoms with E-state index < -0.39 is 0 Å². The molecule has 0 heterocycles. The molecule has 0 aliphatic heterocycles. The normalized spacial score (nSPS) is 10.3. The van der Waals surface area contributed by atoms with Gasteiger partial charge in [0.1, 0.15) is 0 Å². The van der Waals surface area contributed by atoms with Crippen LogP contribution in [0.1, 0.15) is 0 Å². The Labute approximate surface area is 69.6 Å². The molecule has 0 aliphatic rings. The predicted octanol–water partition coefficient (Wildman–Crippen LogP) is -0.440. The van der Waals surface area contributed by atoms with E-state index in [1.165, 1.54) is 16.0 Å². The van der Waals surface area contributed by atoms with Crippen molar-refractivity contribution in [1.82, 2.24) is 0 Å². The van der Waals surface area contributed by atoms with E-state index in [1.54, 1.807) is 0 Å². The van der Waals surface area contributed by atoms with Crippen LogP contribution in [0.2, 0.25) is 16.0 Å². The van der Waals surface area contributed by atoms with Gasteiger partial charge in [0.25, 0.3) is 0 Å². The van der Waals surface area contributed by atoms with Crippen LogP contribution >= 0.6 is 0 Å². The fourth-order valence-electron chi connectivity index (χ4n) is 0.173. The van der Waals surface area contributed by atoms with Crippen LogP contribution in [0.25, 0.3) is 0 Å². The van der Waals surface area contributed by atoms with Crippen molar-refractivity contribution < 1.29 is 0 Å². The molecule has 0 aromatic heterocycles. The van der Waals surface area contributed by atoms with E-state index in [-0.39, 0.29) is 0 Å². The first-order chi connectivity index (χ1) is 3.35. The van der Waals surface area contributed by atoms with Gasteiger partial charge < -0.3 is 0 Å². The molecule has 0 atom stereocenters. The summed E-state index contributed by atoms with van der Waals surface area (Å²) in [6.07, 6.45) is 0. The van der Waals surface area contributed by atoms with Crippen molar-refractivity contribution >= 4 is 48.0 Å². The number of rotatable bonds is 3. The summed E-state index contributed by atoms with van der Waals surface area (Å²) in [5.41, 5.74) is 0. The maximum absolute atomic E-state index is 2.63. The van der Waals surface area contributed by atoms with Crippen LogP contribution in [0, 0.1) is 5.92 Å². The topological polar surface area (TPSA) is 0 Å². The zero-order chi connectivity index (χ0) is 5.70. The fraction of sp³-hybridized carbons (Fsp3) is 1.00. The van der Waals surface area contributed by atoms with Gasteiger partial charge in [-0.3, -0.25) is 0 Å². The summed E-state index contributed by atoms with van der Waals surface area (Å²) in [5.74, 6) is 0.903. The van der Waals surface area contributed by atoms with Crippen molar-refractivity contribution in [2.45, 2.75) is 16.0 Å². The molecule has 3 heteroatoms. The van der Waals surface area contributed by atoms with Gasteiger partial charge in [-0.1, -0.05) is 0 Å². The van der Waals surface area contributed by atoms with E-state index in [0.717, 1.165) is 5.92 Å². The van der Waals surface area contributed by atoms with Gasteiger partial charge in [-0.2, -0.15) is 0 Å². The minimum atomic E-state index is 0.903. The van der Waals surface area contributed by atoms with Crippen LogP contribution in [0.5, 0.6) is 0 Å². The summed E-state index contributed by atoms with van der Waals surface area (Å²) >= 11 is 7.90. The first-order valence-electron chi connectivity index (χ1n) is 2.17. The quantitative estimate of drug-likeness (QED) is 0.619. The third kappa shape index (κ3) is 4.09. The summed E-state index contributed by atoms with van der Waals surface area (Å²) in [5, 5.41) is 3.78. The summed E-state index contributed by atoms with van der Waals surface area (Å²) in [6, 6.07) is 0. The van der Waals surface area contributed by atoms with Crippen LogP contribution < -0.4 is 0 Å². The van der Waals surface area contributed by atoms with Gasteiger partial charge in [0.15, 0.2) is 0 Å². The van der Waals surface area contributed by atoms with Crippen molar-refractivity contribution in [3.8, 4) is 0 Å². The van der Waals surface area contributed by atoms with Gasteiger partial charge in [0.05, 0.1) is 0 Å². The molecule has 44 valence electrons. The zero-order valence-electron chi connectivity index (χ0n) is 4.04. The van der Waals surface area contributed by atoms with Gasteiger partial charge >= 0.3 is 69.9 Å². The first-order valence-corrected chi connectivity index (χ1v) is 6.15. The molecule has 0 amide bonds. The van der Waals surface area contributed by atoms with Crippen molar-refractivity contribution in [3.63, 3.8) is 0 Å². The molecule has 0 nitrogen and oxygen atoms in total. The molecule has 0 aromatic rings. The standard InChI is InChI=1S/C4H10Se3/c5-1-4(2-6)3-7/h4-7H,1-3H2. The Bertz CT molecular complexity index is 28.4. The Morgan fingerprint density at radius 3 is 1.14 bits per heavy atom. The third-order valence-electron chi connectivity index (χ3n) is 0.775. The Kier molecular flexibility index (Phi) is 6.96. The molecule has 0 aromatic carbocycles. The Hall–Kier alpha value is 1.56. The second-order valence-electron chi connectivity index (χ2n) is 1.41. The summed E-state index contributed by atoms with van der Waals surface area (Å²) in [7, 11) is 0. The molecule has 0 radical (unpaired) electrons. The van der Waals surface area contributed by atoms with Crippen LogP contribution in [0.3, 0.4) is 0 Å². The molecule has 0 unspecified atom stereocenters. The second-order valence-corrected chi connectivity index (χ2v) is 3.71. The minimum absolute atomic E-state index is 0.903. The maximum atomic E-state index is 2.63. The zero-order valence-corrected chi connectivity index (χ0v) is 9.67. The van der Waals surface area contributed by atoms with Gasteiger partial charge in [-0.15, -0.1) is 0 Å². The van der Waals surface area contributed by atoms with Gasteiger partial charge in [0, 0.05) is 0 Å². The monoisotopic (exact) mass is 298 g/mol. The van der Waals surface area contributed by atoms with E-state index in [9.17, 15) is 0 Å². The molecular weight excluding hydrogens is 285 g/mol. The van der Waals surface area contributed by atoms with Crippen molar-refractivity contribution in [2.24, 2.45) is 5.92 Å². The molecule has 0 aliphatic carbocycles. The first kappa shape index (κ1) is 8.56. The van der Waals surface area contributed by atoms with E-state index in [2.05, 4.69) is 48.0 Å². The van der Waals surface area contributed by atoms with Crippen LogP contribution in [0.15, 0.2) is 0 Å².